The molecule has 0 aliphatic carbocycles. The molecular weight excluding hydrogens is 348 g/mol. The predicted octanol–water partition coefficient (Wildman–Crippen LogP) is 0.830. The van der Waals surface area contributed by atoms with Crippen LogP contribution >= 0.6 is 15.9 Å². The number of piperazine rings is 1. The molecule has 20 heavy (non-hydrogen) atoms. The van der Waals surface area contributed by atoms with Gasteiger partial charge in [-0.1, -0.05) is 0 Å². The van der Waals surface area contributed by atoms with Crippen molar-refractivity contribution in [1.82, 2.24) is 9.62 Å². The Hall–Kier alpha value is -0.960. The Labute approximate surface area is 126 Å². The highest BCUT2D eigenvalue weighted by Gasteiger charge is 2.28. The molecule has 2 rings (SSSR count). The predicted molar refractivity (Wildman–Crippen MR) is 77.1 cm³/mol. The lowest BCUT2D eigenvalue weighted by molar-refractivity contribution is 0.0600. The Morgan fingerprint density at radius 2 is 2.00 bits per heavy atom. The first-order valence-corrected chi connectivity index (χ1v) is 8.29. The summed E-state index contributed by atoms with van der Waals surface area (Å²) in [6.45, 7) is 2.15. The number of benzene rings is 1. The largest absolute Gasteiger partial charge is 0.465 e. The molecule has 110 valence electrons. The molecule has 1 saturated heterocycles. The Balaban J connectivity index is 2.34. The molecule has 0 aromatic heterocycles. The third-order valence-electron chi connectivity index (χ3n) is 3.05. The molecule has 0 bridgehead atoms. The van der Waals surface area contributed by atoms with Crippen LogP contribution in [0.3, 0.4) is 0 Å². The van der Waals surface area contributed by atoms with Crippen LogP contribution in [0.4, 0.5) is 0 Å². The molecule has 0 spiro atoms. The van der Waals surface area contributed by atoms with Gasteiger partial charge in [-0.25, -0.2) is 13.2 Å². The van der Waals surface area contributed by atoms with Crippen LogP contribution in [-0.4, -0.2) is 52.0 Å². The van der Waals surface area contributed by atoms with Crippen molar-refractivity contribution in [2.24, 2.45) is 0 Å². The third kappa shape index (κ3) is 3.03. The van der Waals surface area contributed by atoms with Gasteiger partial charge in [0, 0.05) is 30.7 Å². The average molecular weight is 363 g/mol. The standard InChI is InChI=1S/C12H15BrN2O4S/c1-19-12(16)9-2-3-11(10(13)8-9)20(17,18)15-6-4-14-5-7-15/h2-3,8,14H,4-7H2,1H3. The van der Waals surface area contributed by atoms with Crippen LogP contribution in [0.2, 0.25) is 0 Å². The normalized spacial score (nSPS) is 16.9. The summed E-state index contributed by atoms with van der Waals surface area (Å²) in [4.78, 5) is 11.6. The van der Waals surface area contributed by atoms with E-state index in [1.54, 1.807) is 0 Å². The van der Waals surface area contributed by atoms with Gasteiger partial charge in [0.2, 0.25) is 10.0 Å². The number of halogens is 1. The molecule has 1 aliphatic heterocycles. The van der Waals surface area contributed by atoms with Crippen molar-refractivity contribution < 1.29 is 17.9 Å². The van der Waals surface area contributed by atoms with Crippen molar-refractivity contribution in [3.8, 4) is 0 Å². The molecule has 6 nitrogen and oxygen atoms in total. The zero-order chi connectivity index (χ0) is 14.8. The maximum Gasteiger partial charge on any atom is 0.337 e. The maximum absolute atomic E-state index is 12.5. The van der Waals surface area contributed by atoms with Crippen molar-refractivity contribution in [2.75, 3.05) is 33.3 Å². The Morgan fingerprint density at radius 3 is 2.55 bits per heavy atom. The third-order valence-corrected chi connectivity index (χ3v) is 5.92. The van der Waals surface area contributed by atoms with Gasteiger partial charge in [-0.15, -0.1) is 0 Å². The number of nitrogens with one attached hydrogen (secondary N) is 1. The number of nitrogens with zero attached hydrogens (tertiary/aromatic N) is 1. The molecule has 1 N–H and O–H groups in total. The molecule has 1 heterocycles. The van der Waals surface area contributed by atoms with E-state index in [1.807, 2.05) is 0 Å². The van der Waals surface area contributed by atoms with Gasteiger partial charge in [-0.2, -0.15) is 4.31 Å². The van der Waals surface area contributed by atoms with E-state index in [1.165, 1.54) is 29.6 Å². The highest BCUT2D eigenvalue weighted by atomic mass is 79.9. The number of sulfonamides is 1. The first kappa shape index (κ1) is 15.4. The van der Waals surface area contributed by atoms with Crippen molar-refractivity contribution in [3.05, 3.63) is 28.2 Å². The molecule has 8 heteroatoms. The second kappa shape index (κ2) is 6.21. The Bertz CT molecular complexity index is 612. The molecule has 0 saturated carbocycles. The first-order valence-electron chi connectivity index (χ1n) is 6.05. The smallest absolute Gasteiger partial charge is 0.337 e. The molecular formula is C12H15BrN2O4S. The van der Waals surface area contributed by atoms with E-state index in [-0.39, 0.29) is 4.90 Å². The molecule has 1 aromatic rings. The molecule has 1 aromatic carbocycles. The molecule has 0 amide bonds. The summed E-state index contributed by atoms with van der Waals surface area (Å²) in [7, 11) is -2.27. The number of hydrogen-bond acceptors (Lipinski definition) is 5. The number of methoxy groups -OCH3 is 1. The lowest BCUT2D eigenvalue weighted by atomic mass is 10.2. The SMILES string of the molecule is COC(=O)c1ccc(S(=O)(=O)N2CCNCC2)c(Br)c1. The highest BCUT2D eigenvalue weighted by Crippen LogP contribution is 2.26. The minimum Gasteiger partial charge on any atom is -0.465 e. The van der Waals surface area contributed by atoms with E-state index < -0.39 is 16.0 Å². The lowest BCUT2D eigenvalue weighted by Gasteiger charge is -2.27. The summed E-state index contributed by atoms with van der Waals surface area (Å²) in [5.41, 5.74) is 0.304. The van der Waals surface area contributed by atoms with E-state index in [4.69, 9.17) is 0 Å². The van der Waals surface area contributed by atoms with Gasteiger partial charge in [-0.3, -0.25) is 0 Å². The molecule has 0 atom stereocenters. The van der Waals surface area contributed by atoms with Gasteiger partial charge >= 0.3 is 5.97 Å². The van der Waals surface area contributed by atoms with Crippen molar-refractivity contribution in [2.45, 2.75) is 4.90 Å². The van der Waals surface area contributed by atoms with Crippen LogP contribution in [0.25, 0.3) is 0 Å². The minimum absolute atomic E-state index is 0.159. The summed E-state index contributed by atoms with van der Waals surface area (Å²) < 4.78 is 31.4. The van der Waals surface area contributed by atoms with Gasteiger partial charge in [0.15, 0.2) is 0 Å². The van der Waals surface area contributed by atoms with Crippen LogP contribution in [0.1, 0.15) is 10.4 Å². The van der Waals surface area contributed by atoms with E-state index in [0.717, 1.165) is 0 Å². The highest BCUT2D eigenvalue weighted by molar-refractivity contribution is 9.10. The zero-order valence-corrected chi connectivity index (χ0v) is 13.3. The molecule has 1 aliphatic rings. The number of hydrogen-bond donors (Lipinski definition) is 1. The summed E-state index contributed by atoms with van der Waals surface area (Å²) >= 11 is 3.22. The monoisotopic (exact) mass is 362 g/mol. The second-order valence-corrected chi connectivity index (χ2v) is 7.05. The molecule has 0 unspecified atom stereocenters. The topological polar surface area (TPSA) is 75.7 Å². The second-order valence-electron chi connectivity index (χ2n) is 4.29. The van der Waals surface area contributed by atoms with E-state index in [2.05, 4.69) is 26.0 Å². The number of rotatable bonds is 3. The number of esters is 1. The van der Waals surface area contributed by atoms with Gasteiger partial charge in [-0.05, 0) is 34.1 Å². The Morgan fingerprint density at radius 1 is 1.35 bits per heavy atom. The van der Waals surface area contributed by atoms with Crippen LogP contribution in [0.15, 0.2) is 27.6 Å². The van der Waals surface area contributed by atoms with Gasteiger partial charge in [0.25, 0.3) is 0 Å². The average Bonchev–Trinajstić information content (AvgIpc) is 2.47. The fourth-order valence-corrected chi connectivity index (χ4v) is 4.46. The van der Waals surface area contributed by atoms with Crippen molar-refractivity contribution in [3.63, 3.8) is 0 Å². The Kier molecular flexibility index (Phi) is 4.79. The lowest BCUT2D eigenvalue weighted by Crippen LogP contribution is -2.46. The van der Waals surface area contributed by atoms with Crippen molar-refractivity contribution in [1.29, 1.82) is 0 Å². The summed E-state index contributed by atoms with van der Waals surface area (Å²) in [6.07, 6.45) is 0. The van der Waals surface area contributed by atoms with E-state index in [0.29, 0.717) is 36.2 Å². The number of carbonyl (C=O) groups excluding carboxylic acids is 1. The van der Waals surface area contributed by atoms with Crippen LogP contribution in [-0.2, 0) is 14.8 Å². The van der Waals surface area contributed by atoms with Gasteiger partial charge in [0.1, 0.15) is 0 Å². The number of ether oxygens (including phenoxy) is 1. The fraction of sp³-hybridized carbons (Fsp3) is 0.417. The van der Waals surface area contributed by atoms with E-state index >= 15 is 0 Å². The molecule has 0 radical (unpaired) electrons. The summed E-state index contributed by atoms with van der Waals surface area (Å²) in [5, 5.41) is 3.11. The summed E-state index contributed by atoms with van der Waals surface area (Å²) in [6, 6.07) is 4.33. The van der Waals surface area contributed by atoms with Crippen molar-refractivity contribution >= 4 is 31.9 Å². The van der Waals surface area contributed by atoms with Crippen LogP contribution in [0.5, 0.6) is 0 Å². The van der Waals surface area contributed by atoms with Crippen LogP contribution < -0.4 is 5.32 Å². The quantitative estimate of drug-likeness (QED) is 0.806. The first-order chi connectivity index (χ1) is 9.46. The van der Waals surface area contributed by atoms with Crippen LogP contribution in [0, 0.1) is 0 Å². The van der Waals surface area contributed by atoms with Gasteiger partial charge in [0.05, 0.1) is 17.6 Å². The van der Waals surface area contributed by atoms with Gasteiger partial charge < -0.3 is 10.1 Å². The number of carbonyl (C=O) groups is 1. The minimum atomic E-state index is -3.55. The molecule has 1 fully saturated rings. The summed E-state index contributed by atoms with van der Waals surface area (Å²) in [5.74, 6) is -0.503. The fourth-order valence-electron chi connectivity index (χ4n) is 1.98. The zero-order valence-electron chi connectivity index (χ0n) is 10.9. The maximum atomic E-state index is 12.5. The van der Waals surface area contributed by atoms with E-state index in [9.17, 15) is 13.2 Å².